The Labute approximate surface area is 74.3 Å². The van der Waals surface area contributed by atoms with Crippen molar-refractivity contribution in [1.82, 2.24) is 0 Å². The summed E-state index contributed by atoms with van der Waals surface area (Å²) in [7, 11) is 1.39. The van der Waals surface area contributed by atoms with Crippen LogP contribution in [0.1, 0.15) is 39.0 Å². The van der Waals surface area contributed by atoms with Crippen molar-refractivity contribution in [2.45, 2.75) is 45.1 Å². The monoisotopic (exact) mass is 173 g/mol. The lowest BCUT2D eigenvalue weighted by Crippen LogP contribution is -2.24. The highest BCUT2D eigenvalue weighted by Gasteiger charge is 2.08. The number of ether oxygens (including phenoxy) is 1. The fraction of sp³-hybridized carbons (Fsp3) is 0.889. The molecule has 0 saturated heterocycles. The van der Waals surface area contributed by atoms with Crippen molar-refractivity contribution >= 4 is 5.97 Å². The topological polar surface area (TPSA) is 52.3 Å². The standard InChI is InChI=1S/C9H19NO2/c1-3-4-5-6-8(10)7-9(11)12-2/h8H,3-7,10H2,1-2H3/t8-/m0/s1. The van der Waals surface area contributed by atoms with Crippen molar-refractivity contribution in [1.29, 1.82) is 0 Å². The van der Waals surface area contributed by atoms with Crippen LogP contribution in [0.15, 0.2) is 0 Å². The summed E-state index contributed by atoms with van der Waals surface area (Å²) < 4.78 is 4.51. The van der Waals surface area contributed by atoms with E-state index in [2.05, 4.69) is 11.7 Å². The van der Waals surface area contributed by atoms with E-state index in [9.17, 15) is 4.79 Å². The Hall–Kier alpha value is -0.570. The molecule has 0 aliphatic heterocycles. The molecule has 2 N–H and O–H groups in total. The molecule has 0 amide bonds. The van der Waals surface area contributed by atoms with E-state index in [0.717, 1.165) is 12.8 Å². The summed E-state index contributed by atoms with van der Waals surface area (Å²) in [5.41, 5.74) is 5.69. The van der Waals surface area contributed by atoms with E-state index < -0.39 is 0 Å². The van der Waals surface area contributed by atoms with Crippen LogP contribution >= 0.6 is 0 Å². The van der Waals surface area contributed by atoms with Crippen molar-refractivity contribution in [3.63, 3.8) is 0 Å². The average molecular weight is 173 g/mol. The van der Waals surface area contributed by atoms with Gasteiger partial charge < -0.3 is 10.5 Å². The highest BCUT2D eigenvalue weighted by atomic mass is 16.5. The van der Waals surface area contributed by atoms with Crippen LogP contribution in [0.2, 0.25) is 0 Å². The van der Waals surface area contributed by atoms with Crippen molar-refractivity contribution in [2.75, 3.05) is 7.11 Å². The summed E-state index contributed by atoms with van der Waals surface area (Å²) in [6.45, 7) is 2.14. The molecule has 0 fully saturated rings. The van der Waals surface area contributed by atoms with Gasteiger partial charge in [-0.1, -0.05) is 26.2 Å². The normalized spacial score (nSPS) is 12.6. The van der Waals surface area contributed by atoms with E-state index in [4.69, 9.17) is 5.73 Å². The highest BCUT2D eigenvalue weighted by Crippen LogP contribution is 2.04. The molecule has 0 spiro atoms. The SMILES string of the molecule is CCCCC[C@H](N)CC(=O)OC. The molecule has 12 heavy (non-hydrogen) atoms. The van der Waals surface area contributed by atoms with Crippen LogP contribution in [0.4, 0.5) is 0 Å². The van der Waals surface area contributed by atoms with Gasteiger partial charge in [0.1, 0.15) is 0 Å². The number of methoxy groups -OCH3 is 1. The first-order valence-corrected chi connectivity index (χ1v) is 4.53. The number of carbonyl (C=O) groups excluding carboxylic acids is 1. The van der Waals surface area contributed by atoms with Gasteiger partial charge in [-0.15, -0.1) is 0 Å². The van der Waals surface area contributed by atoms with Crippen LogP contribution in [-0.2, 0) is 9.53 Å². The van der Waals surface area contributed by atoms with Gasteiger partial charge in [0, 0.05) is 6.04 Å². The molecule has 72 valence electrons. The Balaban J connectivity index is 3.32. The molecule has 0 aliphatic carbocycles. The molecule has 0 heterocycles. The number of carbonyl (C=O) groups is 1. The molecule has 0 saturated carbocycles. The lowest BCUT2D eigenvalue weighted by atomic mass is 10.1. The van der Waals surface area contributed by atoms with Gasteiger partial charge in [-0.2, -0.15) is 0 Å². The predicted octanol–water partition coefficient (Wildman–Crippen LogP) is 1.46. The lowest BCUT2D eigenvalue weighted by molar-refractivity contribution is -0.141. The Bertz CT molecular complexity index is 126. The number of hydrogen-bond donors (Lipinski definition) is 1. The van der Waals surface area contributed by atoms with E-state index in [1.54, 1.807) is 0 Å². The molecular formula is C9H19NO2. The smallest absolute Gasteiger partial charge is 0.307 e. The summed E-state index contributed by atoms with van der Waals surface area (Å²) in [4.78, 5) is 10.8. The van der Waals surface area contributed by atoms with E-state index >= 15 is 0 Å². The highest BCUT2D eigenvalue weighted by molar-refractivity contribution is 5.69. The zero-order chi connectivity index (χ0) is 9.40. The predicted molar refractivity (Wildman–Crippen MR) is 48.8 cm³/mol. The zero-order valence-electron chi connectivity index (χ0n) is 8.01. The Morgan fingerprint density at radius 2 is 2.17 bits per heavy atom. The second-order valence-electron chi connectivity index (χ2n) is 3.04. The van der Waals surface area contributed by atoms with Crippen LogP contribution < -0.4 is 5.73 Å². The van der Waals surface area contributed by atoms with Gasteiger partial charge in [-0.25, -0.2) is 0 Å². The quantitative estimate of drug-likeness (QED) is 0.488. The fourth-order valence-electron chi connectivity index (χ4n) is 1.06. The number of unbranched alkanes of at least 4 members (excludes halogenated alkanes) is 2. The van der Waals surface area contributed by atoms with Gasteiger partial charge >= 0.3 is 5.97 Å². The molecular weight excluding hydrogens is 154 g/mol. The van der Waals surface area contributed by atoms with E-state index in [-0.39, 0.29) is 12.0 Å². The molecule has 3 nitrogen and oxygen atoms in total. The van der Waals surface area contributed by atoms with Crippen LogP contribution in [0.5, 0.6) is 0 Å². The minimum atomic E-state index is -0.209. The van der Waals surface area contributed by atoms with Crippen LogP contribution in [0.25, 0.3) is 0 Å². The summed E-state index contributed by atoms with van der Waals surface area (Å²) >= 11 is 0. The van der Waals surface area contributed by atoms with Crippen molar-refractivity contribution in [3.05, 3.63) is 0 Å². The third kappa shape index (κ3) is 6.16. The number of rotatable bonds is 6. The maximum Gasteiger partial charge on any atom is 0.307 e. The van der Waals surface area contributed by atoms with Crippen LogP contribution in [-0.4, -0.2) is 19.1 Å². The molecule has 0 rings (SSSR count). The van der Waals surface area contributed by atoms with Crippen LogP contribution in [0, 0.1) is 0 Å². The Morgan fingerprint density at radius 1 is 1.50 bits per heavy atom. The average Bonchev–Trinajstić information content (AvgIpc) is 2.05. The summed E-state index contributed by atoms with van der Waals surface area (Å²) in [5, 5.41) is 0. The lowest BCUT2D eigenvalue weighted by Gasteiger charge is -2.08. The molecule has 0 bridgehead atoms. The van der Waals surface area contributed by atoms with Gasteiger partial charge in [0.2, 0.25) is 0 Å². The van der Waals surface area contributed by atoms with Gasteiger partial charge in [0.25, 0.3) is 0 Å². The molecule has 1 atom stereocenters. The number of hydrogen-bond acceptors (Lipinski definition) is 3. The maximum atomic E-state index is 10.8. The third-order valence-corrected chi connectivity index (χ3v) is 1.83. The third-order valence-electron chi connectivity index (χ3n) is 1.83. The Kier molecular flexibility index (Phi) is 6.76. The molecule has 0 aromatic heterocycles. The van der Waals surface area contributed by atoms with E-state index in [1.165, 1.54) is 20.0 Å². The minimum Gasteiger partial charge on any atom is -0.469 e. The number of nitrogens with two attached hydrogens (primary N) is 1. The van der Waals surface area contributed by atoms with Crippen molar-refractivity contribution in [2.24, 2.45) is 5.73 Å². The first-order chi connectivity index (χ1) is 5.70. The van der Waals surface area contributed by atoms with E-state index in [0.29, 0.717) is 6.42 Å². The zero-order valence-corrected chi connectivity index (χ0v) is 8.01. The molecule has 0 unspecified atom stereocenters. The van der Waals surface area contributed by atoms with E-state index in [1.807, 2.05) is 0 Å². The second kappa shape index (κ2) is 7.10. The molecule has 0 aliphatic rings. The molecule has 0 aromatic carbocycles. The maximum absolute atomic E-state index is 10.8. The van der Waals surface area contributed by atoms with Crippen LogP contribution in [0.3, 0.4) is 0 Å². The Morgan fingerprint density at radius 3 is 2.67 bits per heavy atom. The summed E-state index contributed by atoms with van der Waals surface area (Å²) in [5.74, 6) is -0.209. The fourth-order valence-corrected chi connectivity index (χ4v) is 1.06. The van der Waals surface area contributed by atoms with Crippen molar-refractivity contribution in [3.8, 4) is 0 Å². The van der Waals surface area contributed by atoms with Gasteiger partial charge in [-0.3, -0.25) is 4.79 Å². The number of esters is 1. The second-order valence-corrected chi connectivity index (χ2v) is 3.04. The van der Waals surface area contributed by atoms with Crippen molar-refractivity contribution < 1.29 is 9.53 Å². The largest absolute Gasteiger partial charge is 0.469 e. The van der Waals surface area contributed by atoms with Gasteiger partial charge in [0.05, 0.1) is 13.5 Å². The molecule has 0 radical (unpaired) electrons. The van der Waals surface area contributed by atoms with Gasteiger partial charge in [0.15, 0.2) is 0 Å². The first-order valence-electron chi connectivity index (χ1n) is 4.53. The summed E-state index contributed by atoms with van der Waals surface area (Å²) in [6.07, 6.45) is 4.75. The first kappa shape index (κ1) is 11.4. The molecule has 3 heteroatoms. The van der Waals surface area contributed by atoms with Gasteiger partial charge in [-0.05, 0) is 6.42 Å². The minimum absolute atomic E-state index is 0.0241. The molecule has 0 aromatic rings. The summed E-state index contributed by atoms with van der Waals surface area (Å²) in [6, 6.07) is -0.0241.